The van der Waals surface area contributed by atoms with E-state index in [1.54, 1.807) is 5.57 Å². The quantitative estimate of drug-likeness (QED) is 0.437. The van der Waals surface area contributed by atoms with E-state index in [1.165, 1.54) is 28.0 Å². The zero-order valence-electron chi connectivity index (χ0n) is 13.1. The van der Waals surface area contributed by atoms with Crippen LogP contribution in [0.15, 0.2) is 45.9 Å². The van der Waals surface area contributed by atoms with Crippen LogP contribution in [0, 0.1) is 0 Å². The Morgan fingerprint density at radius 3 is 2.14 bits per heavy atom. The third-order valence-corrected chi connectivity index (χ3v) is 4.86. The van der Waals surface area contributed by atoms with Crippen LogP contribution in [-0.2, 0) is 20.4 Å². The molecule has 0 bridgehead atoms. The molecule has 2 rings (SSSR count). The van der Waals surface area contributed by atoms with Gasteiger partial charge in [0.25, 0.3) is 0 Å². The summed E-state index contributed by atoms with van der Waals surface area (Å²) >= 11 is 2.28. The number of hydrogen-bond acceptors (Lipinski definition) is 1. The van der Waals surface area contributed by atoms with Gasteiger partial charge in [-0.25, -0.2) is 0 Å². The monoisotopic (exact) mass is 393 g/mol. The maximum Gasteiger partial charge on any atom is -1.00 e. The van der Waals surface area contributed by atoms with Crippen molar-refractivity contribution in [1.82, 2.24) is 4.90 Å². The molecule has 0 unspecified atom stereocenters. The zero-order valence-corrected chi connectivity index (χ0v) is 16.9. The van der Waals surface area contributed by atoms with Gasteiger partial charge < -0.3 is 37.2 Å². The first kappa shape index (κ1) is 24.5. The molecule has 1 aliphatic rings. The number of nitrogens with zero attached hydrogens (tertiary/aromatic N) is 1. The molecule has 22 heavy (non-hydrogen) atoms. The molecule has 0 radical (unpaired) electrons. The summed E-state index contributed by atoms with van der Waals surface area (Å²) in [6.07, 6.45) is 4.70. The molecule has 0 spiro atoms. The zero-order chi connectivity index (χ0) is 13.7. The fourth-order valence-electron chi connectivity index (χ4n) is 2.57. The first-order valence-electron chi connectivity index (χ1n) is 7.18. The van der Waals surface area contributed by atoms with Gasteiger partial charge in [0, 0.05) is 0 Å². The van der Waals surface area contributed by atoms with Crippen LogP contribution >= 0.6 is 0 Å². The van der Waals surface area contributed by atoms with Gasteiger partial charge in [0.1, 0.15) is 0 Å². The van der Waals surface area contributed by atoms with Crippen molar-refractivity contribution in [3.63, 3.8) is 0 Å². The molecule has 1 aromatic rings. The van der Waals surface area contributed by atoms with Crippen molar-refractivity contribution in [2.24, 2.45) is 0 Å². The SMILES string of the molecule is CCN(CC)CCC1=CCC(c2ccccc2)=[C]1[Ti+3].[Cl-].[Cl-].[Cl-]. The molecule has 1 aliphatic carbocycles. The first-order valence-corrected chi connectivity index (χ1v) is 7.96. The summed E-state index contributed by atoms with van der Waals surface area (Å²) in [4.78, 5) is 2.49. The first-order chi connectivity index (χ1) is 9.26. The van der Waals surface area contributed by atoms with Crippen LogP contribution in [0.3, 0.4) is 0 Å². The molecule has 1 aromatic carbocycles. The van der Waals surface area contributed by atoms with Gasteiger partial charge in [0.05, 0.1) is 0 Å². The van der Waals surface area contributed by atoms with E-state index in [-0.39, 0.29) is 37.2 Å². The Hall–Kier alpha value is 0.244. The Morgan fingerprint density at radius 1 is 1.00 bits per heavy atom. The smallest absolute Gasteiger partial charge is 1.00 e. The number of allylic oxidation sites excluding steroid dienone is 3. The van der Waals surface area contributed by atoms with Crippen LogP contribution in [0.4, 0.5) is 0 Å². The molecule has 0 heterocycles. The van der Waals surface area contributed by atoms with Crippen LogP contribution < -0.4 is 37.2 Å². The summed E-state index contributed by atoms with van der Waals surface area (Å²) in [7, 11) is 0. The van der Waals surface area contributed by atoms with E-state index in [1.807, 2.05) is 0 Å². The average Bonchev–Trinajstić information content (AvgIpc) is 2.82. The molecular weight excluding hydrogens is 372 g/mol. The molecule has 0 saturated carbocycles. The van der Waals surface area contributed by atoms with Gasteiger partial charge in [0.2, 0.25) is 0 Å². The molecule has 120 valence electrons. The maximum absolute atomic E-state index is 2.49. The van der Waals surface area contributed by atoms with Crippen LogP contribution in [0.25, 0.3) is 5.57 Å². The Kier molecular flexibility index (Phi) is 14.1. The fraction of sp³-hybridized carbons (Fsp3) is 0.412. The van der Waals surface area contributed by atoms with Crippen molar-refractivity contribution in [1.29, 1.82) is 0 Å². The van der Waals surface area contributed by atoms with Gasteiger partial charge in [-0.15, -0.1) is 0 Å². The molecule has 0 saturated heterocycles. The summed E-state index contributed by atoms with van der Waals surface area (Å²) in [5.41, 5.74) is 4.44. The Balaban J connectivity index is 0. The van der Waals surface area contributed by atoms with E-state index in [9.17, 15) is 0 Å². The second kappa shape index (κ2) is 12.6. The summed E-state index contributed by atoms with van der Waals surface area (Å²) in [5, 5.41) is 0. The van der Waals surface area contributed by atoms with Crippen molar-refractivity contribution >= 4 is 5.57 Å². The van der Waals surface area contributed by atoms with Crippen molar-refractivity contribution in [2.75, 3.05) is 19.6 Å². The van der Waals surface area contributed by atoms with Crippen LogP contribution in [0.5, 0.6) is 0 Å². The van der Waals surface area contributed by atoms with Gasteiger partial charge in [0.15, 0.2) is 0 Å². The van der Waals surface area contributed by atoms with Crippen LogP contribution in [0.2, 0.25) is 0 Å². The number of rotatable bonds is 6. The molecule has 5 heteroatoms. The molecule has 1 nitrogen and oxygen atoms in total. The van der Waals surface area contributed by atoms with E-state index >= 15 is 0 Å². The van der Waals surface area contributed by atoms with Crippen molar-refractivity contribution in [3.8, 4) is 0 Å². The minimum atomic E-state index is 0. The minimum absolute atomic E-state index is 0. The Morgan fingerprint density at radius 2 is 1.59 bits per heavy atom. The average molecular weight is 395 g/mol. The molecule has 0 amide bonds. The Bertz CT molecular complexity index is 482. The molecular formula is C17H22Cl3NTi. The second-order valence-electron chi connectivity index (χ2n) is 4.93. The summed E-state index contributed by atoms with van der Waals surface area (Å²) in [6.45, 7) is 7.96. The minimum Gasteiger partial charge on any atom is -1.00 e. The van der Waals surface area contributed by atoms with Crippen LogP contribution in [0.1, 0.15) is 32.3 Å². The second-order valence-corrected chi connectivity index (χ2v) is 5.71. The van der Waals surface area contributed by atoms with Gasteiger partial charge in [-0.1, -0.05) is 0 Å². The predicted octanol–water partition coefficient (Wildman–Crippen LogP) is -4.98. The fourth-order valence-corrected chi connectivity index (χ4v) is 3.31. The molecule has 0 aliphatic heterocycles. The molecule has 0 fully saturated rings. The van der Waals surface area contributed by atoms with Crippen LogP contribution in [-0.4, -0.2) is 24.5 Å². The Labute approximate surface area is 165 Å². The molecule has 0 atom stereocenters. The standard InChI is InChI=1S/C17H22N.3ClH.Ti/c1-3-18(4-2)13-12-15-10-11-17(14-15)16-8-6-5-7-9-16;;;;/h5-10H,3-4,11-13H2,1-2H3;3*1H;/q;;;;+3/p-3. The van der Waals surface area contributed by atoms with Gasteiger partial charge in [-0.2, -0.15) is 0 Å². The number of benzene rings is 1. The summed E-state index contributed by atoms with van der Waals surface area (Å²) < 4.78 is 1.50. The molecule has 0 N–H and O–H groups in total. The molecule has 0 aromatic heterocycles. The van der Waals surface area contributed by atoms with E-state index in [4.69, 9.17) is 0 Å². The summed E-state index contributed by atoms with van der Waals surface area (Å²) in [5.74, 6) is 0. The van der Waals surface area contributed by atoms with Crippen molar-refractivity contribution in [2.45, 2.75) is 26.7 Å². The van der Waals surface area contributed by atoms with E-state index in [2.05, 4.69) is 75.6 Å². The van der Waals surface area contributed by atoms with Gasteiger partial charge in [-0.05, 0) is 0 Å². The van der Waals surface area contributed by atoms with Crippen molar-refractivity contribution in [3.05, 3.63) is 51.4 Å². The van der Waals surface area contributed by atoms with E-state index in [0.29, 0.717) is 0 Å². The summed E-state index contributed by atoms with van der Waals surface area (Å²) in [6, 6.07) is 10.8. The van der Waals surface area contributed by atoms with Gasteiger partial charge in [-0.3, -0.25) is 0 Å². The maximum atomic E-state index is 2.49. The predicted molar refractivity (Wildman–Crippen MR) is 78.5 cm³/mol. The topological polar surface area (TPSA) is 3.24 Å². The number of halogens is 3. The van der Waals surface area contributed by atoms with Crippen molar-refractivity contribution < 1.29 is 57.7 Å². The third kappa shape index (κ3) is 6.39. The largest absolute Gasteiger partial charge is 1.00 e. The van der Waals surface area contributed by atoms with Gasteiger partial charge >= 0.3 is 129 Å². The number of hydrogen-bond donors (Lipinski definition) is 0. The third-order valence-electron chi connectivity index (χ3n) is 3.89. The normalized spacial score (nSPS) is 13.2. The van der Waals surface area contributed by atoms with E-state index in [0.717, 1.165) is 19.5 Å². The van der Waals surface area contributed by atoms with E-state index < -0.39 is 0 Å².